The Kier molecular flexibility index (Phi) is 39.4. The zero-order chi connectivity index (χ0) is 105. The summed E-state index contributed by atoms with van der Waals surface area (Å²) in [5.74, 6) is 3.58. The first-order valence-corrected chi connectivity index (χ1v) is 55.5. The molecule has 0 amide bonds. The van der Waals surface area contributed by atoms with Gasteiger partial charge in [0.15, 0.2) is 11.6 Å². The average Bonchev–Trinajstić information content (AvgIpc) is 1.59. The Hall–Kier alpha value is -10.5. The van der Waals surface area contributed by atoms with Crippen LogP contribution in [0.3, 0.4) is 0 Å². The highest BCUT2D eigenvalue weighted by atomic mass is 19.1. The van der Waals surface area contributed by atoms with E-state index in [1.54, 1.807) is 52.3 Å². The van der Waals surface area contributed by atoms with Gasteiger partial charge in [0, 0.05) is 186 Å². The van der Waals surface area contributed by atoms with Gasteiger partial charge in [0.25, 0.3) is 0 Å². The number of nitrogens with one attached hydrogen (secondary N) is 4. The second kappa shape index (κ2) is 53.4. The summed E-state index contributed by atoms with van der Waals surface area (Å²) < 4.78 is 117. The van der Waals surface area contributed by atoms with E-state index in [0.717, 1.165) is 313 Å². The lowest BCUT2D eigenvalue weighted by Gasteiger charge is -2.28. The number of rotatable bonds is 46. The number of fused-ring (bicyclic) bond motifs is 4. The molecule has 12 aliphatic rings. The summed E-state index contributed by atoms with van der Waals surface area (Å²) >= 11 is 0. The number of carboxylic acids is 2. The Morgan fingerprint density at radius 1 is 0.387 bits per heavy atom. The topological polar surface area (TPSA) is 314 Å². The SMILES string of the molecule is COc1cc(CCCCO[C@@H]2CCN([C@@H](C(C)=O)c3cc(F)ccc3OCC3(C)CC3)C2)nc2c1CCCN2.COc1cc(CCCCO[C@@H]2CCN([C@H](C(C)=O)c3cc(F)ccc3OCC3(C)CC3)C2)nc2c1CCCN2.O=C(O)[C@@H](c1cc(F)ccc1C1CCCO1)N1CC[C@@H](OCCCCc2ccc3c(n2)NCCC3)C1.O=C(O)[C@H](c1cc(F)ccc1C1CCCO1)N1CC[C@@H](OCCCCc2ccc3c(n2)NCCC3)C1. The Bertz CT molecular complexity index is 5460. The van der Waals surface area contributed by atoms with E-state index in [1.165, 1.54) is 70.8 Å². The van der Waals surface area contributed by atoms with E-state index in [4.69, 9.17) is 67.3 Å². The number of unbranched alkanes of at least 4 members (excludes halogenated alkanes) is 4. The van der Waals surface area contributed by atoms with Crippen LogP contribution >= 0.6 is 0 Å². The standard InChI is InChI=1S/2C31H42FN3O4.2C28H36FN3O4/c2*1-21(36)29(26-17-22(32)9-10-27(26)39-20-31(2)12-13-31)35-15-11-24(19-35)38-16-5-4-7-23-18-28(37-3)25-8-6-14-33-30(25)34-23;2*29-20-9-11-23(25-7-4-16-36-25)24(17-20)26(28(33)34)32-14-12-22(18-32)35-15-2-1-6-21-10-8-19-5-3-13-30-27(19)31-21/h2*9-10,17-18,24,29H,4-8,11-16,19-20H2,1-3H3,(H,33,34);2*8-11,17,22,25-26H,1-7,12-16,18H2,(H,30,31)(H,33,34)/t24-,29+;24-,29-;22-,25?,26+;22-,25?,26-/m1111/s1. The smallest absolute Gasteiger partial charge is 0.325 e. The van der Waals surface area contributed by atoms with Gasteiger partial charge in [-0.3, -0.25) is 38.8 Å². The highest BCUT2D eigenvalue weighted by Gasteiger charge is 2.44. The third kappa shape index (κ3) is 30.1. The number of hydrogen-bond acceptors (Lipinski definition) is 26. The zero-order valence-corrected chi connectivity index (χ0v) is 88.6. The summed E-state index contributed by atoms with van der Waals surface area (Å²) in [4.78, 5) is 77.5. The van der Waals surface area contributed by atoms with Crippen molar-refractivity contribution in [2.24, 2.45) is 10.8 Å². The number of anilines is 4. The van der Waals surface area contributed by atoms with Gasteiger partial charge in [0.1, 0.15) is 81.6 Å². The normalized spacial score (nSPS) is 21.7. The van der Waals surface area contributed by atoms with Gasteiger partial charge in [-0.2, -0.15) is 0 Å². The molecule has 28 nitrogen and oxygen atoms in total. The monoisotopic (exact) mass is 2070 g/mol. The number of aliphatic carboxylic acids is 2. The fourth-order valence-electron chi connectivity index (χ4n) is 22.7. The lowest BCUT2D eigenvalue weighted by atomic mass is 9.94. The number of pyridine rings is 4. The lowest BCUT2D eigenvalue weighted by Crippen LogP contribution is -2.34. The molecule has 14 heterocycles. The minimum atomic E-state index is -0.965. The third-order valence-corrected chi connectivity index (χ3v) is 31.7. The maximum atomic E-state index is 14.3. The van der Waals surface area contributed by atoms with Crippen molar-refractivity contribution in [1.82, 2.24) is 39.5 Å². The number of hydrogen-bond donors (Lipinski definition) is 6. The molecule has 20 rings (SSSR count). The van der Waals surface area contributed by atoms with Gasteiger partial charge in [-0.25, -0.2) is 37.5 Å². The highest BCUT2D eigenvalue weighted by molar-refractivity contribution is 5.85. The van der Waals surface area contributed by atoms with Gasteiger partial charge >= 0.3 is 11.9 Å². The van der Waals surface area contributed by atoms with Crippen LogP contribution in [0.25, 0.3) is 0 Å². The number of ether oxygens (including phenoxy) is 10. The highest BCUT2D eigenvalue weighted by Crippen LogP contribution is 2.49. The van der Waals surface area contributed by atoms with Crippen molar-refractivity contribution in [3.8, 4) is 23.0 Å². The summed E-state index contributed by atoms with van der Waals surface area (Å²) in [5, 5.41) is 33.8. The number of carbonyl (C=O) groups is 4. The molecular formula is C118H156F4N12O16. The predicted octanol–water partition coefficient (Wildman–Crippen LogP) is 20.4. The van der Waals surface area contributed by atoms with E-state index >= 15 is 0 Å². The minimum absolute atomic E-state index is 0.00815. The molecule has 8 fully saturated rings. The van der Waals surface area contributed by atoms with Crippen LogP contribution in [0.2, 0.25) is 0 Å². The number of nitrogens with zero attached hydrogens (tertiary/aromatic N) is 8. The second-order valence-corrected chi connectivity index (χ2v) is 43.6. The van der Waals surface area contributed by atoms with E-state index in [-0.39, 0.29) is 70.7 Å². The van der Waals surface area contributed by atoms with Crippen LogP contribution in [-0.4, -0.2) is 243 Å². The zero-order valence-electron chi connectivity index (χ0n) is 88.6. The molecule has 2 unspecified atom stereocenters. The Balaban J connectivity index is 0.000000136. The lowest BCUT2D eigenvalue weighted by molar-refractivity contribution is -0.144. The summed E-state index contributed by atoms with van der Waals surface area (Å²) in [6.07, 6.45) is 31.0. The number of benzene rings is 4. The quantitative estimate of drug-likeness (QED) is 0.0152. The molecular weight excluding hydrogens is 1920 g/mol. The van der Waals surface area contributed by atoms with E-state index in [2.05, 4.69) is 81.3 Å². The number of ketones is 2. The number of carboxylic acid groups (broad SMARTS) is 2. The third-order valence-electron chi connectivity index (χ3n) is 31.7. The molecule has 32 heteroatoms. The maximum Gasteiger partial charge on any atom is 0.325 e. The van der Waals surface area contributed by atoms with Gasteiger partial charge in [0.05, 0.1) is 76.1 Å². The van der Waals surface area contributed by atoms with Crippen LogP contribution in [0.15, 0.2) is 109 Å². The molecule has 0 bridgehead atoms. The van der Waals surface area contributed by atoms with Crippen molar-refractivity contribution >= 4 is 46.8 Å². The second-order valence-electron chi connectivity index (χ2n) is 43.6. The summed E-state index contributed by atoms with van der Waals surface area (Å²) in [6.45, 7) is 21.5. The molecule has 812 valence electrons. The number of halogens is 4. The molecule has 10 atom stereocenters. The summed E-state index contributed by atoms with van der Waals surface area (Å²) in [5.41, 5.74) is 13.5. The first-order chi connectivity index (χ1) is 72.9. The van der Waals surface area contributed by atoms with Gasteiger partial charge in [-0.1, -0.05) is 38.1 Å². The molecule has 150 heavy (non-hydrogen) atoms. The maximum absolute atomic E-state index is 14.3. The fraction of sp³-hybridized carbons (Fsp3) is 0.593. The van der Waals surface area contributed by atoms with Crippen LogP contribution in [0.5, 0.6) is 23.0 Å². The summed E-state index contributed by atoms with van der Waals surface area (Å²) in [7, 11) is 3.44. The van der Waals surface area contributed by atoms with Crippen LogP contribution < -0.4 is 40.2 Å². The molecule has 4 aromatic heterocycles. The van der Waals surface area contributed by atoms with Gasteiger partial charge < -0.3 is 78.8 Å². The molecule has 4 aromatic carbocycles. The number of aryl methyl sites for hydroxylation is 6. The molecule has 2 aliphatic carbocycles. The number of carbonyl (C=O) groups excluding carboxylic acids is 2. The van der Waals surface area contributed by atoms with E-state index in [0.29, 0.717) is 126 Å². The van der Waals surface area contributed by atoms with Crippen LogP contribution in [-0.2, 0) is 99.0 Å². The summed E-state index contributed by atoms with van der Waals surface area (Å²) in [6, 6.07) is 27.9. The molecule has 8 aromatic rings. The number of Topliss-reactive ketones (excluding diaryl/α,β-unsaturated/α-hetero) is 2. The molecule has 6 saturated heterocycles. The minimum Gasteiger partial charge on any atom is -0.496 e. The van der Waals surface area contributed by atoms with Crippen LogP contribution in [0.1, 0.15) is 297 Å². The van der Waals surface area contributed by atoms with Crippen molar-refractivity contribution in [1.29, 1.82) is 0 Å². The first kappa shape index (κ1) is 111. The van der Waals surface area contributed by atoms with Crippen molar-refractivity contribution in [2.45, 2.75) is 294 Å². The number of methoxy groups -OCH3 is 2. The predicted molar refractivity (Wildman–Crippen MR) is 567 cm³/mol. The number of likely N-dealkylation sites (tertiary alicyclic amines) is 4. The van der Waals surface area contributed by atoms with E-state index in [9.17, 15) is 47.0 Å². The van der Waals surface area contributed by atoms with E-state index in [1.807, 2.05) is 9.80 Å². The van der Waals surface area contributed by atoms with Crippen molar-refractivity contribution < 1.29 is 94.3 Å². The molecule has 0 spiro atoms. The molecule has 2 saturated carbocycles. The fourth-order valence-corrected chi connectivity index (χ4v) is 22.7. The Morgan fingerprint density at radius 3 is 1.05 bits per heavy atom. The average molecular weight is 2070 g/mol. The first-order valence-electron chi connectivity index (χ1n) is 55.5. The Labute approximate surface area is 881 Å². The molecule has 6 N–H and O–H groups in total. The van der Waals surface area contributed by atoms with Crippen molar-refractivity contribution in [2.75, 3.05) is 167 Å². The van der Waals surface area contributed by atoms with Crippen molar-refractivity contribution in [3.05, 3.63) is 211 Å². The van der Waals surface area contributed by atoms with Gasteiger partial charge in [0.2, 0.25) is 0 Å². The molecule has 0 radical (unpaired) electrons. The largest absolute Gasteiger partial charge is 0.496 e. The van der Waals surface area contributed by atoms with Crippen LogP contribution in [0, 0.1) is 34.1 Å². The van der Waals surface area contributed by atoms with Gasteiger partial charge in [-0.15, -0.1) is 0 Å². The Morgan fingerprint density at radius 2 is 0.713 bits per heavy atom. The number of aromatic nitrogens is 4. The van der Waals surface area contributed by atoms with E-state index < -0.39 is 47.7 Å². The van der Waals surface area contributed by atoms with Gasteiger partial charge in [-0.05, 0) is 325 Å². The van der Waals surface area contributed by atoms with Crippen molar-refractivity contribution in [3.63, 3.8) is 0 Å². The van der Waals surface area contributed by atoms with Crippen LogP contribution in [0.4, 0.5) is 40.8 Å². The molecule has 10 aliphatic heterocycles.